The molecule has 0 saturated heterocycles. The summed E-state index contributed by atoms with van der Waals surface area (Å²) in [6.07, 6.45) is 0. The third-order valence-electron chi connectivity index (χ3n) is 1.98. The molecule has 1 nitrogen and oxygen atoms in total. The van der Waals surface area contributed by atoms with Crippen molar-refractivity contribution in [3.05, 3.63) is 36.8 Å². The van der Waals surface area contributed by atoms with Crippen LogP contribution >= 0.6 is 0 Å². The molecule has 0 unspecified atom stereocenters. The number of benzene rings is 1. The molecule has 0 atom stereocenters. The van der Waals surface area contributed by atoms with E-state index in [9.17, 15) is 0 Å². The Morgan fingerprint density at radius 2 is 2.07 bits per heavy atom. The van der Waals surface area contributed by atoms with Crippen LogP contribution in [0.1, 0.15) is 26.3 Å². The molecule has 14 heavy (non-hydrogen) atoms. The molecule has 1 N–H and O–H groups in total. The summed E-state index contributed by atoms with van der Waals surface area (Å²) in [6, 6.07) is 9.32. The normalized spacial score (nSPS) is 10.6. The first-order chi connectivity index (χ1) is 6.04. The SMILES string of the molecule is [CH2-]CNc1[c-]ccc(C(C)(C)C)c1.[Y]. The van der Waals surface area contributed by atoms with E-state index in [1.165, 1.54) is 5.56 Å². The summed E-state index contributed by atoms with van der Waals surface area (Å²) in [5.41, 5.74) is 2.55. The van der Waals surface area contributed by atoms with Gasteiger partial charge in [0.25, 0.3) is 0 Å². The third-order valence-corrected chi connectivity index (χ3v) is 1.98. The Hall–Kier alpha value is 0.124. The first kappa shape index (κ1) is 14.1. The number of hydrogen-bond acceptors (Lipinski definition) is 1. The molecule has 1 radical (unpaired) electrons. The monoisotopic (exact) mass is 264 g/mol. The first-order valence-electron chi connectivity index (χ1n) is 4.59. The number of hydrogen-bond donors (Lipinski definition) is 1. The van der Waals surface area contributed by atoms with Crippen LogP contribution in [0, 0.1) is 13.0 Å². The van der Waals surface area contributed by atoms with Gasteiger partial charge >= 0.3 is 0 Å². The Morgan fingerprint density at radius 1 is 1.43 bits per heavy atom. The van der Waals surface area contributed by atoms with Gasteiger partial charge in [0.1, 0.15) is 0 Å². The minimum Gasteiger partial charge on any atom is -0.436 e. The molecule has 0 aromatic heterocycles. The quantitative estimate of drug-likeness (QED) is 0.810. The molecule has 0 aliphatic carbocycles. The van der Waals surface area contributed by atoms with Gasteiger partial charge < -0.3 is 12.2 Å². The van der Waals surface area contributed by atoms with E-state index in [-0.39, 0.29) is 38.1 Å². The van der Waals surface area contributed by atoms with Gasteiger partial charge in [0.2, 0.25) is 0 Å². The van der Waals surface area contributed by atoms with Gasteiger partial charge in [-0.1, -0.05) is 26.5 Å². The smallest absolute Gasteiger partial charge is 0 e. The predicted molar refractivity (Wildman–Crippen MR) is 57.8 cm³/mol. The van der Waals surface area contributed by atoms with Crippen LogP contribution in [-0.2, 0) is 38.1 Å². The van der Waals surface area contributed by atoms with Crippen molar-refractivity contribution in [2.24, 2.45) is 0 Å². The van der Waals surface area contributed by atoms with Crippen molar-refractivity contribution in [1.82, 2.24) is 0 Å². The van der Waals surface area contributed by atoms with Gasteiger partial charge in [0.15, 0.2) is 0 Å². The maximum atomic E-state index is 3.74. The van der Waals surface area contributed by atoms with Crippen LogP contribution in [0.3, 0.4) is 0 Å². The molecule has 0 saturated carbocycles. The third kappa shape index (κ3) is 4.10. The van der Waals surface area contributed by atoms with E-state index in [0.29, 0.717) is 6.54 Å². The van der Waals surface area contributed by atoms with E-state index in [1.807, 2.05) is 6.07 Å². The fraction of sp³-hybridized carbons (Fsp3) is 0.417. The molecule has 75 valence electrons. The molecular weight excluding hydrogens is 247 g/mol. The minimum absolute atomic E-state index is 0. The summed E-state index contributed by atoms with van der Waals surface area (Å²) in [5.74, 6) is 0. The van der Waals surface area contributed by atoms with Crippen LogP contribution in [0.5, 0.6) is 0 Å². The van der Waals surface area contributed by atoms with Crippen LogP contribution in [0.25, 0.3) is 0 Å². The number of anilines is 1. The van der Waals surface area contributed by atoms with Gasteiger partial charge in [-0.25, -0.2) is 0 Å². The van der Waals surface area contributed by atoms with Crippen molar-refractivity contribution in [3.63, 3.8) is 0 Å². The average Bonchev–Trinajstić information content (AvgIpc) is 2.04. The van der Waals surface area contributed by atoms with Crippen molar-refractivity contribution in [2.75, 3.05) is 11.9 Å². The number of nitrogens with one attached hydrogen (secondary N) is 1. The molecular formula is C12H17NY-2. The Kier molecular flexibility index (Phi) is 5.92. The predicted octanol–water partition coefficient (Wildman–Crippen LogP) is 3.03. The minimum atomic E-state index is 0. The summed E-state index contributed by atoms with van der Waals surface area (Å²) < 4.78 is 0. The molecule has 1 aromatic carbocycles. The van der Waals surface area contributed by atoms with Gasteiger partial charge in [0.05, 0.1) is 0 Å². The van der Waals surface area contributed by atoms with E-state index in [1.54, 1.807) is 0 Å². The molecule has 1 aromatic rings. The zero-order valence-electron chi connectivity index (χ0n) is 9.22. The average molecular weight is 264 g/mol. The maximum absolute atomic E-state index is 3.74. The molecule has 0 spiro atoms. The van der Waals surface area contributed by atoms with Crippen LogP contribution in [0.15, 0.2) is 18.2 Å². The number of rotatable bonds is 2. The van der Waals surface area contributed by atoms with Gasteiger partial charge in [-0.05, 0) is 5.41 Å². The summed E-state index contributed by atoms with van der Waals surface area (Å²) >= 11 is 0. The van der Waals surface area contributed by atoms with Crippen molar-refractivity contribution in [1.29, 1.82) is 0 Å². The Labute approximate surface area is 113 Å². The summed E-state index contributed by atoms with van der Waals surface area (Å²) in [6.45, 7) is 11.1. The van der Waals surface area contributed by atoms with Crippen molar-refractivity contribution < 1.29 is 32.7 Å². The standard InChI is InChI=1S/C12H17N.Y/c1-5-13-11-8-6-7-10(9-11)12(2,3)4;/h6-7,9,13H,1,5H2,2-4H3;/q-2;. The summed E-state index contributed by atoms with van der Waals surface area (Å²) in [4.78, 5) is 0. The second-order valence-corrected chi connectivity index (χ2v) is 4.17. The molecule has 0 bridgehead atoms. The van der Waals surface area contributed by atoms with E-state index in [4.69, 9.17) is 0 Å². The van der Waals surface area contributed by atoms with Gasteiger partial charge in [-0.15, -0.1) is 12.6 Å². The van der Waals surface area contributed by atoms with Crippen molar-refractivity contribution in [2.45, 2.75) is 26.2 Å². The molecule has 0 amide bonds. The van der Waals surface area contributed by atoms with Gasteiger partial charge in [0, 0.05) is 32.7 Å². The van der Waals surface area contributed by atoms with Crippen molar-refractivity contribution >= 4 is 5.69 Å². The molecule has 0 aliphatic rings. The Balaban J connectivity index is 0.00000169. The van der Waals surface area contributed by atoms with Gasteiger partial charge in [-0.2, -0.15) is 23.8 Å². The molecule has 0 fully saturated rings. The summed E-state index contributed by atoms with van der Waals surface area (Å²) in [5, 5.41) is 3.15. The van der Waals surface area contributed by atoms with Crippen LogP contribution in [-0.4, -0.2) is 6.54 Å². The van der Waals surface area contributed by atoms with Crippen LogP contribution in [0.4, 0.5) is 5.69 Å². The topological polar surface area (TPSA) is 12.0 Å². The van der Waals surface area contributed by atoms with Crippen LogP contribution < -0.4 is 5.32 Å². The fourth-order valence-corrected chi connectivity index (χ4v) is 1.17. The van der Waals surface area contributed by atoms with E-state index in [0.717, 1.165) is 5.69 Å². The zero-order valence-corrected chi connectivity index (χ0v) is 12.1. The molecule has 1 rings (SSSR count). The second-order valence-electron chi connectivity index (χ2n) is 4.17. The largest absolute Gasteiger partial charge is 0.436 e. The van der Waals surface area contributed by atoms with Gasteiger partial charge in [-0.3, -0.25) is 0 Å². The molecule has 0 aliphatic heterocycles. The molecule has 0 heterocycles. The zero-order chi connectivity index (χ0) is 9.90. The van der Waals surface area contributed by atoms with E-state index < -0.39 is 0 Å². The second kappa shape index (κ2) is 5.87. The first-order valence-corrected chi connectivity index (χ1v) is 4.59. The van der Waals surface area contributed by atoms with Crippen LogP contribution in [0.2, 0.25) is 0 Å². The fourth-order valence-electron chi connectivity index (χ4n) is 1.17. The van der Waals surface area contributed by atoms with E-state index in [2.05, 4.69) is 51.2 Å². The Bertz CT molecular complexity index is 276. The molecule has 2 heteroatoms. The summed E-state index contributed by atoms with van der Waals surface area (Å²) in [7, 11) is 0. The Morgan fingerprint density at radius 3 is 2.57 bits per heavy atom. The van der Waals surface area contributed by atoms with Crippen molar-refractivity contribution in [3.8, 4) is 0 Å². The maximum Gasteiger partial charge on any atom is 0 e. The van der Waals surface area contributed by atoms with E-state index >= 15 is 0 Å².